The van der Waals surface area contributed by atoms with E-state index < -0.39 is 5.97 Å². The maximum absolute atomic E-state index is 12.1. The summed E-state index contributed by atoms with van der Waals surface area (Å²) in [6.07, 6.45) is 2.39. The second-order valence-corrected chi connectivity index (χ2v) is 5.55. The predicted octanol–water partition coefficient (Wildman–Crippen LogP) is 2.55. The summed E-state index contributed by atoms with van der Waals surface area (Å²) in [5.74, 6) is -0.252. The van der Waals surface area contributed by atoms with E-state index in [0.29, 0.717) is 18.8 Å². The van der Waals surface area contributed by atoms with E-state index in [2.05, 4.69) is 17.4 Å². The van der Waals surface area contributed by atoms with E-state index in [1.807, 2.05) is 25.1 Å². The average Bonchev–Trinajstić information content (AvgIpc) is 3.19. The van der Waals surface area contributed by atoms with E-state index in [4.69, 9.17) is 5.11 Å². The van der Waals surface area contributed by atoms with Crippen LogP contribution >= 0.6 is 0 Å². The number of amides is 1. The molecule has 0 bridgehead atoms. The van der Waals surface area contributed by atoms with Gasteiger partial charge < -0.3 is 10.4 Å². The monoisotopic (exact) mass is 275 g/mol. The Bertz CT molecular complexity index is 472. The summed E-state index contributed by atoms with van der Waals surface area (Å²) >= 11 is 0. The van der Waals surface area contributed by atoms with Crippen LogP contribution in [-0.4, -0.2) is 23.0 Å². The third kappa shape index (κ3) is 4.08. The van der Waals surface area contributed by atoms with Crippen molar-refractivity contribution in [1.82, 2.24) is 5.32 Å². The van der Waals surface area contributed by atoms with Crippen LogP contribution in [-0.2, 0) is 9.59 Å². The molecule has 2 rings (SSSR count). The van der Waals surface area contributed by atoms with Gasteiger partial charge in [0.2, 0.25) is 5.91 Å². The molecular weight excluding hydrogens is 254 g/mol. The minimum absolute atomic E-state index is 0.0406. The maximum atomic E-state index is 12.1. The molecule has 1 aromatic carbocycles. The molecule has 0 heterocycles. The molecule has 1 fully saturated rings. The third-order valence-corrected chi connectivity index (χ3v) is 3.77. The zero-order valence-electron chi connectivity index (χ0n) is 11.7. The third-order valence-electron chi connectivity index (χ3n) is 3.77. The van der Waals surface area contributed by atoms with Crippen LogP contribution < -0.4 is 5.32 Å². The van der Waals surface area contributed by atoms with Crippen LogP contribution in [0.25, 0.3) is 0 Å². The highest BCUT2D eigenvalue weighted by Crippen LogP contribution is 2.47. The summed E-state index contributed by atoms with van der Waals surface area (Å²) in [4.78, 5) is 22.5. The average molecular weight is 275 g/mol. The van der Waals surface area contributed by atoms with Crippen molar-refractivity contribution in [1.29, 1.82) is 0 Å². The summed E-state index contributed by atoms with van der Waals surface area (Å²) < 4.78 is 0. The Hall–Kier alpha value is -1.84. The lowest BCUT2D eigenvalue weighted by Gasteiger charge is -2.13. The Morgan fingerprint density at radius 2 is 2.05 bits per heavy atom. The molecule has 1 aliphatic carbocycles. The van der Waals surface area contributed by atoms with E-state index in [0.717, 1.165) is 6.42 Å². The molecule has 1 saturated carbocycles. The number of carboxylic acid groups (broad SMARTS) is 1. The van der Waals surface area contributed by atoms with Crippen molar-refractivity contribution in [2.45, 2.75) is 44.6 Å². The fraction of sp³-hybridized carbons (Fsp3) is 0.500. The summed E-state index contributed by atoms with van der Waals surface area (Å²) in [5, 5.41) is 11.6. The van der Waals surface area contributed by atoms with Gasteiger partial charge in [0.1, 0.15) is 0 Å². The number of carboxylic acids is 1. The van der Waals surface area contributed by atoms with E-state index >= 15 is 0 Å². The molecule has 0 saturated heterocycles. The largest absolute Gasteiger partial charge is 0.481 e. The molecule has 20 heavy (non-hydrogen) atoms. The lowest BCUT2D eigenvalue weighted by Crippen LogP contribution is -2.34. The van der Waals surface area contributed by atoms with Gasteiger partial charge in [-0.05, 0) is 37.7 Å². The molecule has 2 N–H and O–H groups in total. The van der Waals surface area contributed by atoms with Crippen LogP contribution in [0.2, 0.25) is 0 Å². The van der Waals surface area contributed by atoms with Gasteiger partial charge >= 0.3 is 5.97 Å². The van der Waals surface area contributed by atoms with E-state index in [9.17, 15) is 9.59 Å². The first-order valence-electron chi connectivity index (χ1n) is 7.15. The second kappa shape index (κ2) is 6.55. The Balaban J connectivity index is 1.72. The topological polar surface area (TPSA) is 66.4 Å². The Kier molecular flexibility index (Phi) is 4.77. The molecule has 0 radical (unpaired) electrons. The molecule has 1 amide bonds. The number of carbonyl (C=O) groups is 2. The van der Waals surface area contributed by atoms with Gasteiger partial charge in [0.05, 0.1) is 0 Å². The number of nitrogens with one attached hydrogen (secondary N) is 1. The van der Waals surface area contributed by atoms with Gasteiger partial charge in [0.15, 0.2) is 0 Å². The number of benzene rings is 1. The fourth-order valence-corrected chi connectivity index (χ4v) is 2.53. The van der Waals surface area contributed by atoms with Crippen molar-refractivity contribution in [3.8, 4) is 0 Å². The first-order valence-corrected chi connectivity index (χ1v) is 7.15. The van der Waals surface area contributed by atoms with Crippen LogP contribution in [0.5, 0.6) is 0 Å². The van der Waals surface area contributed by atoms with E-state index in [1.54, 1.807) is 0 Å². The second-order valence-electron chi connectivity index (χ2n) is 5.55. The molecule has 3 atom stereocenters. The Morgan fingerprint density at radius 3 is 2.70 bits per heavy atom. The fourth-order valence-electron chi connectivity index (χ4n) is 2.53. The van der Waals surface area contributed by atoms with Crippen LogP contribution in [0.3, 0.4) is 0 Å². The first-order chi connectivity index (χ1) is 9.58. The van der Waals surface area contributed by atoms with Crippen molar-refractivity contribution >= 4 is 11.9 Å². The molecule has 4 heteroatoms. The lowest BCUT2D eigenvalue weighted by atomic mass is 10.1. The highest BCUT2D eigenvalue weighted by molar-refractivity contribution is 5.83. The molecular formula is C16H21NO3. The van der Waals surface area contributed by atoms with Crippen molar-refractivity contribution in [3.05, 3.63) is 35.9 Å². The first kappa shape index (κ1) is 14.6. The zero-order valence-corrected chi connectivity index (χ0v) is 11.7. The summed E-state index contributed by atoms with van der Waals surface area (Å²) in [7, 11) is 0. The minimum Gasteiger partial charge on any atom is -0.481 e. The van der Waals surface area contributed by atoms with Crippen molar-refractivity contribution < 1.29 is 14.7 Å². The summed E-state index contributed by atoms with van der Waals surface area (Å²) in [6.45, 7) is 1.93. The van der Waals surface area contributed by atoms with Crippen molar-refractivity contribution in [2.24, 2.45) is 5.92 Å². The van der Waals surface area contributed by atoms with E-state index in [1.165, 1.54) is 5.56 Å². The number of hydrogen-bond acceptors (Lipinski definition) is 2. The normalized spacial score (nSPS) is 22.1. The highest BCUT2D eigenvalue weighted by atomic mass is 16.4. The molecule has 0 aliphatic heterocycles. The predicted molar refractivity (Wildman–Crippen MR) is 76.4 cm³/mol. The molecule has 0 aromatic heterocycles. The van der Waals surface area contributed by atoms with Gasteiger partial charge in [-0.1, -0.05) is 30.3 Å². The smallest absolute Gasteiger partial charge is 0.303 e. The van der Waals surface area contributed by atoms with Crippen LogP contribution in [0, 0.1) is 5.92 Å². The number of hydrogen-bond donors (Lipinski definition) is 2. The number of aliphatic carboxylic acids is 1. The Morgan fingerprint density at radius 1 is 1.35 bits per heavy atom. The molecule has 1 aliphatic rings. The van der Waals surface area contributed by atoms with Gasteiger partial charge in [0, 0.05) is 18.4 Å². The summed E-state index contributed by atoms with van der Waals surface area (Å²) in [6, 6.07) is 10.1. The molecule has 3 unspecified atom stereocenters. The summed E-state index contributed by atoms with van der Waals surface area (Å²) in [5.41, 5.74) is 1.23. The molecule has 1 aromatic rings. The standard InChI is InChI=1S/C16H21NO3/c1-11(6-5-9-15(18)19)17-16(20)14-10-13(14)12-7-3-2-4-8-12/h2-4,7-8,11,13-14H,5-6,9-10H2,1H3,(H,17,20)(H,18,19). The van der Waals surface area contributed by atoms with Crippen LogP contribution in [0.15, 0.2) is 30.3 Å². The SMILES string of the molecule is CC(CCCC(=O)O)NC(=O)C1CC1c1ccccc1. The van der Waals surface area contributed by atoms with Gasteiger partial charge in [-0.15, -0.1) is 0 Å². The number of rotatable bonds is 7. The van der Waals surface area contributed by atoms with E-state index in [-0.39, 0.29) is 24.3 Å². The van der Waals surface area contributed by atoms with Crippen LogP contribution in [0.4, 0.5) is 0 Å². The minimum atomic E-state index is -0.783. The Labute approximate surface area is 119 Å². The van der Waals surface area contributed by atoms with Crippen LogP contribution in [0.1, 0.15) is 44.1 Å². The lowest BCUT2D eigenvalue weighted by molar-refractivity contribution is -0.137. The molecule has 4 nitrogen and oxygen atoms in total. The van der Waals surface area contributed by atoms with Gasteiger partial charge in [-0.3, -0.25) is 9.59 Å². The quantitative estimate of drug-likeness (QED) is 0.803. The zero-order chi connectivity index (χ0) is 14.5. The number of carbonyl (C=O) groups excluding carboxylic acids is 1. The van der Waals surface area contributed by atoms with Gasteiger partial charge in [-0.2, -0.15) is 0 Å². The van der Waals surface area contributed by atoms with Crippen molar-refractivity contribution in [3.63, 3.8) is 0 Å². The van der Waals surface area contributed by atoms with Crippen molar-refractivity contribution in [2.75, 3.05) is 0 Å². The highest BCUT2D eigenvalue weighted by Gasteiger charge is 2.43. The molecule has 0 spiro atoms. The maximum Gasteiger partial charge on any atom is 0.303 e. The van der Waals surface area contributed by atoms with Gasteiger partial charge in [-0.25, -0.2) is 0 Å². The van der Waals surface area contributed by atoms with Gasteiger partial charge in [0.25, 0.3) is 0 Å². The molecule has 108 valence electrons.